The van der Waals surface area contributed by atoms with E-state index in [2.05, 4.69) is 6.07 Å². The summed E-state index contributed by atoms with van der Waals surface area (Å²) in [5, 5.41) is 10.0. The van der Waals surface area contributed by atoms with Gasteiger partial charge in [0.2, 0.25) is 0 Å². The Labute approximate surface area is 158 Å². The van der Waals surface area contributed by atoms with E-state index in [1.54, 1.807) is 12.5 Å². The van der Waals surface area contributed by atoms with Gasteiger partial charge in [-0.25, -0.2) is 0 Å². The van der Waals surface area contributed by atoms with Gasteiger partial charge in [-0.3, -0.25) is 4.79 Å². The first-order valence-corrected chi connectivity index (χ1v) is 9.05. The lowest BCUT2D eigenvalue weighted by Gasteiger charge is -2.32. The van der Waals surface area contributed by atoms with Crippen molar-refractivity contribution in [3.63, 3.8) is 0 Å². The van der Waals surface area contributed by atoms with Crippen LogP contribution < -0.4 is 0 Å². The zero-order valence-corrected chi connectivity index (χ0v) is 14.9. The summed E-state index contributed by atoms with van der Waals surface area (Å²) in [5.41, 5.74) is 3.32. The van der Waals surface area contributed by atoms with Gasteiger partial charge < -0.3 is 4.42 Å². The molecular weight excluding hydrogens is 334 g/mol. The van der Waals surface area contributed by atoms with Crippen LogP contribution in [0.1, 0.15) is 29.5 Å². The summed E-state index contributed by atoms with van der Waals surface area (Å²) in [6, 6.07) is 23.7. The molecule has 1 aliphatic carbocycles. The summed E-state index contributed by atoms with van der Waals surface area (Å²) in [5.74, 6) is -0.0949. The fraction of sp³-hybridized carbons (Fsp3) is 0.167. The highest BCUT2D eigenvalue weighted by atomic mass is 16.3. The maximum atomic E-state index is 13.7. The molecule has 0 fully saturated rings. The van der Waals surface area contributed by atoms with Crippen LogP contribution in [0.3, 0.4) is 0 Å². The Kier molecular flexibility index (Phi) is 4.48. The lowest BCUT2D eigenvalue weighted by Crippen LogP contribution is -2.36. The van der Waals surface area contributed by atoms with Crippen LogP contribution >= 0.6 is 0 Å². The van der Waals surface area contributed by atoms with Crippen LogP contribution in [0.2, 0.25) is 0 Å². The van der Waals surface area contributed by atoms with Crippen molar-refractivity contribution in [1.82, 2.24) is 0 Å². The van der Waals surface area contributed by atoms with Crippen LogP contribution in [0.5, 0.6) is 0 Å². The SMILES string of the molecule is N#C[C@]1(Cc2ccccc2)CCC(c2ccoc2)=C(c2ccccc2)C1=O. The van der Waals surface area contributed by atoms with Crippen molar-refractivity contribution in [2.45, 2.75) is 19.3 Å². The summed E-state index contributed by atoms with van der Waals surface area (Å²) in [7, 11) is 0. The topological polar surface area (TPSA) is 54.0 Å². The van der Waals surface area contributed by atoms with E-state index in [0.717, 1.165) is 22.3 Å². The first-order valence-electron chi connectivity index (χ1n) is 9.05. The van der Waals surface area contributed by atoms with Crippen molar-refractivity contribution in [3.05, 3.63) is 95.9 Å². The molecule has 0 N–H and O–H groups in total. The molecular formula is C24H19NO2. The molecule has 27 heavy (non-hydrogen) atoms. The van der Waals surface area contributed by atoms with Crippen LogP contribution in [-0.4, -0.2) is 5.78 Å². The van der Waals surface area contributed by atoms with Crippen molar-refractivity contribution in [2.24, 2.45) is 5.41 Å². The molecule has 0 saturated heterocycles. The molecule has 132 valence electrons. The van der Waals surface area contributed by atoms with E-state index in [4.69, 9.17) is 4.42 Å². The minimum absolute atomic E-state index is 0.0949. The number of benzene rings is 2. The first kappa shape index (κ1) is 17.1. The lowest BCUT2D eigenvalue weighted by atomic mass is 9.66. The Hall–Kier alpha value is -3.38. The Morgan fingerprint density at radius 2 is 1.67 bits per heavy atom. The third-order valence-corrected chi connectivity index (χ3v) is 5.26. The number of carbonyl (C=O) groups is 1. The normalized spacial score (nSPS) is 19.7. The summed E-state index contributed by atoms with van der Waals surface area (Å²) >= 11 is 0. The van der Waals surface area contributed by atoms with Gasteiger partial charge in [0.05, 0.1) is 18.6 Å². The second-order valence-electron chi connectivity index (χ2n) is 6.92. The highest BCUT2D eigenvalue weighted by molar-refractivity contribution is 6.31. The molecule has 2 aromatic carbocycles. The minimum atomic E-state index is -1.04. The molecule has 0 amide bonds. The molecule has 0 spiro atoms. The van der Waals surface area contributed by atoms with Crippen molar-refractivity contribution in [3.8, 4) is 6.07 Å². The van der Waals surface area contributed by atoms with Crippen molar-refractivity contribution in [1.29, 1.82) is 5.26 Å². The average Bonchev–Trinajstić information content (AvgIpc) is 3.25. The smallest absolute Gasteiger partial charge is 0.184 e. The van der Waals surface area contributed by atoms with E-state index in [-0.39, 0.29) is 5.78 Å². The molecule has 1 aliphatic rings. The van der Waals surface area contributed by atoms with Crippen molar-refractivity contribution < 1.29 is 9.21 Å². The Morgan fingerprint density at radius 3 is 2.30 bits per heavy atom. The monoisotopic (exact) mass is 353 g/mol. The van der Waals surface area contributed by atoms with Crippen molar-refractivity contribution >= 4 is 16.9 Å². The number of Topliss-reactive ketones (excluding diaryl/α,β-unsaturated/α-hetero) is 1. The molecule has 1 heterocycles. The van der Waals surface area contributed by atoms with Crippen molar-refractivity contribution in [2.75, 3.05) is 0 Å². The molecule has 3 nitrogen and oxygen atoms in total. The quantitative estimate of drug-likeness (QED) is 0.639. The van der Waals surface area contributed by atoms with Crippen LogP contribution in [-0.2, 0) is 11.2 Å². The zero-order valence-electron chi connectivity index (χ0n) is 14.9. The minimum Gasteiger partial charge on any atom is -0.472 e. The number of rotatable bonds is 4. The molecule has 3 aromatic rings. The maximum Gasteiger partial charge on any atom is 0.184 e. The zero-order chi connectivity index (χ0) is 18.7. The van der Waals surface area contributed by atoms with Gasteiger partial charge in [-0.15, -0.1) is 0 Å². The summed E-state index contributed by atoms with van der Waals surface area (Å²) in [6.45, 7) is 0. The molecule has 0 aliphatic heterocycles. The third-order valence-electron chi connectivity index (χ3n) is 5.26. The van der Waals surface area contributed by atoms with E-state index >= 15 is 0 Å². The standard InChI is InChI=1S/C24H19NO2/c25-17-24(15-18-7-3-1-4-8-18)13-11-21(20-12-14-27-16-20)22(23(24)26)19-9-5-2-6-10-19/h1-10,12,14,16H,11,13,15H2/t24-/m1/s1. The largest absolute Gasteiger partial charge is 0.472 e. The van der Waals surface area contributed by atoms with Gasteiger partial charge >= 0.3 is 0 Å². The van der Waals surface area contributed by atoms with Gasteiger partial charge in [0.1, 0.15) is 5.41 Å². The molecule has 0 unspecified atom stereocenters. The first-order chi connectivity index (χ1) is 13.2. The molecule has 0 bridgehead atoms. The molecule has 1 atom stereocenters. The molecule has 4 rings (SSSR count). The Morgan fingerprint density at radius 1 is 0.963 bits per heavy atom. The molecule has 0 saturated carbocycles. The second-order valence-corrected chi connectivity index (χ2v) is 6.92. The summed E-state index contributed by atoms with van der Waals surface area (Å²) in [4.78, 5) is 13.7. The highest BCUT2D eigenvalue weighted by Crippen LogP contribution is 2.45. The van der Waals surface area contributed by atoms with Gasteiger partial charge in [-0.05, 0) is 42.0 Å². The van der Waals surface area contributed by atoms with E-state index in [1.807, 2.05) is 66.7 Å². The number of ketones is 1. The van der Waals surface area contributed by atoms with Crippen LogP contribution in [0.15, 0.2) is 83.7 Å². The number of furan rings is 1. The van der Waals surface area contributed by atoms with E-state index in [1.165, 1.54) is 0 Å². The Bertz CT molecular complexity index is 1010. The van der Waals surface area contributed by atoms with Crippen LogP contribution in [0, 0.1) is 16.7 Å². The van der Waals surface area contributed by atoms with Gasteiger partial charge in [0.25, 0.3) is 0 Å². The third kappa shape index (κ3) is 3.11. The van der Waals surface area contributed by atoms with E-state index in [0.29, 0.717) is 24.8 Å². The second kappa shape index (κ2) is 7.09. The molecule has 1 aromatic heterocycles. The van der Waals surface area contributed by atoms with Gasteiger partial charge in [0, 0.05) is 11.1 Å². The predicted molar refractivity (Wildman–Crippen MR) is 104 cm³/mol. The Balaban J connectivity index is 1.84. The number of carbonyl (C=O) groups excluding carboxylic acids is 1. The fourth-order valence-corrected chi connectivity index (χ4v) is 3.85. The van der Waals surface area contributed by atoms with Crippen LogP contribution in [0.4, 0.5) is 0 Å². The highest BCUT2D eigenvalue weighted by Gasteiger charge is 2.44. The number of hydrogen-bond donors (Lipinski definition) is 0. The summed E-state index contributed by atoms with van der Waals surface area (Å²) < 4.78 is 5.25. The number of nitriles is 1. The van der Waals surface area contributed by atoms with Gasteiger partial charge in [0.15, 0.2) is 5.78 Å². The lowest BCUT2D eigenvalue weighted by molar-refractivity contribution is -0.120. The van der Waals surface area contributed by atoms with E-state index < -0.39 is 5.41 Å². The van der Waals surface area contributed by atoms with Gasteiger partial charge in [-0.1, -0.05) is 60.7 Å². The molecule has 3 heteroatoms. The van der Waals surface area contributed by atoms with Gasteiger partial charge in [-0.2, -0.15) is 5.26 Å². The number of allylic oxidation sites excluding steroid dienone is 2. The number of hydrogen-bond acceptors (Lipinski definition) is 3. The molecule has 0 radical (unpaired) electrons. The van der Waals surface area contributed by atoms with E-state index in [9.17, 15) is 10.1 Å². The average molecular weight is 353 g/mol. The maximum absolute atomic E-state index is 13.7. The summed E-state index contributed by atoms with van der Waals surface area (Å²) in [6.07, 6.45) is 4.88. The number of nitrogens with zero attached hydrogens (tertiary/aromatic N) is 1. The fourth-order valence-electron chi connectivity index (χ4n) is 3.85. The van der Waals surface area contributed by atoms with Crippen LogP contribution in [0.25, 0.3) is 11.1 Å². The predicted octanol–water partition coefficient (Wildman–Crippen LogP) is 5.31.